The van der Waals surface area contributed by atoms with Crippen molar-refractivity contribution in [3.8, 4) is 0 Å². The molecule has 0 saturated heterocycles. The van der Waals surface area contributed by atoms with Crippen LogP contribution < -0.4 is 5.73 Å². The van der Waals surface area contributed by atoms with E-state index in [1.54, 1.807) is 24.3 Å². The van der Waals surface area contributed by atoms with E-state index in [9.17, 15) is 9.59 Å². The number of hydrogen-bond donors (Lipinski definition) is 1. The van der Waals surface area contributed by atoms with Crippen molar-refractivity contribution in [3.63, 3.8) is 0 Å². The summed E-state index contributed by atoms with van der Waals surface area (Å²) in [6.07, 6.45) is 2.66. The van der Waals surface area contributed by atoms with Gasteiger partial charge in [0.05, 0.1) is 0 Å². The molecule has 0 aliphatic heterocycles. The third kappa shape index (κ3) is 3.05. The summed E-state index contributed by atoms with van der Waals surface area (Å²) in [5.41, 5.74) is 7.21. The van der Waals surface area contributed by atoms with Crippen molar-refractivity contribution in [2.45, 2.75) is 13.8 Å². The molecule has 1 amide bonds. The Bertz CT molecular complexity index is 416. The third-order valence-electron chi connectivity index (χ3n) is 2.33. The Balaban J connectivity index is 2.98. The number of primary amides is 1. The summed E-state index contributed by atoms with van der Waals surface area (Å²) < 4.78 is 0. The molecule has 0 saturated carbocycles. The van der Waals surface area contributed by atoms with Crippen LogP contribution in [0.5, 0.6) is 0 Å². The molecule has 3 heteroatoms. The van der Waals surface area contributed by atoms with Gasteiger partial charge in [0.25, 0.3) is 0 Å². The normalized spacial score (nSPS) is 11.6. The van der Waals surface area contributed by atoms with Gasteiger partial charge in [0.1, 0.15) is 6.29 Å². The SMILES string of the molecule is CC(C)C(C=O)=Cc1ccc(C(N)=O)cc1. The summed E-state index contributed by atoms with van der Waals surface area (Å²) in [6, 6.07) is 6.84. The molecule has 0 atom stereocenters. The highest BCUT2D eigenvalue weighted by atomic mass is 16.1. The first-order valence-corrected chi connectivity index (χ1v) is 5.11. The monoisotopic (exact) mass is 217 g/mol. The van der Waals surface area contributed by atoms with E-state index in [-0.39, 0.29) is 5.92 Å². The number of rotatable bonds is 4. The van der Waals surface area contributed by atoms with Gasteiger partial charge in [-0.25, -0.2) is 0 Å². The van der Waals surface area contributed by atoms with Crippen LogP contribution in [0.2, 0.25) is 0 Å². The Morgan fingerprint density at radius 2 is 1.81 bits per heavy atom. The number of amides is 1. The smallest absolute Gasteiger partial charge is 0.248 e. The Morgan fingerprint density at radius 3 is 2.19 bits per heavy atom. The van der Waals surface area contributed by atoms with E-state index in [0.29, 0.717) is 5.56 Å². The molecule has 0 aliphatic carbocycles. The minimum atomic E-state index is -0.449. The average molecular weight is 217 g/mol. The van der Waals surface area contributed by atoms with Crippen LogP contribution in [0.4, 0.5) is 0 Å². The van der Waals surface area contributed by atoms with E-state index < -0.39 is 5.91 Å². The predicted molar refractivity (Wildman–Crippen MR) is 63.8 cm³/mol. The maximum absolute atomic E-state index is 10.8. The van der Waals surface area contributed by atoms with Crippen LogP contribution in [0.15, 0.2) is 29.8 Å². The standard InChI is InChI=1S/C13H15NO2/c1-9(2)12(8-15)7-10-3-5-11(6-4-10)13(14)16/h3-9H,1-2H3,(H2,14,16). The van der Waals surface area contributed by atoms with Gasteiger partial charge in [0.15, 0.2) is 0 Å². The predicted octanol–water partition coefficient (Wildman–Crippen LogP) is 2.02. The van der Waals surface area contributed by atoms with Crippen LogP contribution in [0.1, 0.15) is 29.8 Å². The molecule has 0 aliphatic rings. The maximum atomic E-state index is 10.8. The van der Waals surface area contributed by atoms with Gasteiger partial charge < -0.3 is 5.73 Å². The number of aldehydes is 1. The van der Waals surface area contributed by atoms with Crippen molar-refractivity contribution in [3.05, 3.63) is 41.0 Å². The fourth-order valence-corrected chi connectivity index (χ4v) is 1.27. The number of carbonyl (C=O) groups excluding carboxylic acids is 2. The molecular formula is C13H15NO2. The fraction of sp³-hybridized carbons (Fsp3) is 0.231. The first-order valence-electron chi connectivity index (χ1n) is 5.11. The van der Waals surface area contributed by atoms with Crippen LogP contribution in [-0.2, 0) is 4.79 Å². The van der Waals surface area contributed by atoms with Crippen molar-refractivity contribution in [2.75, 3.05) is 0 Å². The number of nitrogens with two attached hydrogens (primary N) is 1. The summed E-state index contributed by atoms with van der Waals surface area (Å²) >= 11 is 0. The molecular weight excluding hydrogens is 202 g/mol. The lowest BCUT2D eigenvalue weighted by Gasteiger charge is -2.03. The molecule has 0 fully saturated rings. The van der Waals surface area contributed by atoms with Gasteiger partial charge in [-0.3, -0.25) is 9.59 Å². The van der Waals surface area contributed by atoms with Gasteiger partial charge in [-0.2, -0.15) is 0 Å². The number of hydrogen-bond acceptors (Lipinski definition) is 2. The fourth-order valence-electron chi connectivity index (χ4n) is 1.27. The lowest BCUT2D eigenvalue weighted by atomic mass is 10.0. The lowest BCUT2D eigenvalue weighted by Crippen LogP contribution is -2.10. The van der Waals surface area contributed by atoms with Crippen molar-refractivity contribution >= 4 is 18.3 Å². The summed E-state index contributed by atoms with van der Waals surface area (Å²) in [7, 11) is 0. The van der Waals surface area contributed by atoms with Gasteiger partial charge in [-0.1, -0.05) is 26.0 Å². The first-order chi connectivity index (χ1) is 7.54. The van der Waals surface area contributed by atoms with Crippen LogP contribution in [0.25, 0.3) is 6.08 Å². The second kappa shape index (κ2) is 5.26. The summed E-state index contributed by atoms with van der Waals surface area (Å²) in [5, 5.41) is 0. The zero-order valence-electron chi connectivity index (χ0n) is 9.44. The first kappa shape index (κ1) is 12.2. The van der Waals surface area contributed by atoms with Crippen LogP contribution in [0, 0.1) is 5.92 Å². The minimum absolute atomic E-state index is 0.188. The Hall–Kier alpha value is -1.90. The quantitative estimate of drug-likeness (QED) is 0.619. The topological polar surface area (TPSA) is 60.2 Å². The highest BCUT2D eigenvalue weighted by molar-refractivity contribution is 5.93. The Labute approximate surface area is 95.0 Å². The van der Waals surface area contributed by atoms with Gasteiger partial charge in [-0.15, -0.1) is 0 Å². The summed E-state index contributed by atoms with van der Waals surface area (Å²) in [5.74, 6) is -0.261. The highest BCUT2D eigenvalue weighted by Gasteiger charge is 2.02. The molecule has 1 aromatic rings. The molecule has 1 aromatic carbocycles. The van der Waals surface area contributed by atoms with E-state index in [1.165, 1.54) is 0 Å². The van der Waals surface area contributed by atoms with Gasteiger partial charge >= 0.3 is 0 Å². The van der Waals surface area contributed by atoms with Gasteiger partial charge in [0.2, 0.25) is 5.91 Å². The number of allylic oxidation sites excluding steroid dienone is 1. The molecule has 2 N–H and O–H groups in total. The minimum Gasteiger partial charge on any atom is -0.366 e. The molecule has 0 aromatic heterocycles. The molecule has 1 rings (SSSR count). The number of benzene rings is 1. The van der Waals surface area contributed by atoms with Crippen LogP contribution in [0.3, 0.4) is 0 Å². The van der Waals surface area contributed by atoms with E-state index >= 15 is 0 Å². The molecule has 0 heterocycles. The van der Waals surface area contributed by atoms with Crippen molar-refractivity contribution in [1.82, 2.24) is 0 Å². The third-order valence-corrected chi connectivity index (χ3v) is 2.33. The Morgan fingerprint density at radius 1 is 1.25 bits per heavy atom. The van der Waals surface area contributed by atoms with E-state index in [1.807, 2.05) is 19.9 Å². The molecule has 0 unspecified atom stereocenters. The summed E-state index contributed by atoms with van der Waals surface area (Å²) in [6.45, 7) is 3.91. The molecule has 0 radical (unpaired) electrons. The largest absolute Gasteiger partial charge is 0.366 e. The molecule has 16 heavy (non-hydrogen) atoms. The zero-order valence-corrected chi connectivity index (χ0v) is 9.44. The maximum Gasteiger partial charge on any atom is 0.248 e. The molecule has 84 valence electrons. The molecule has 3 nitrogen and oxygen atoms in total. The van der Waals surface area contributed by atoms with Crippen molar-refractivity contribution in [1.29, 1.82) is 0 Å². The summed E-state index contributed by atoms with van der Waals surface area (Å²) in [4.78, 5) is 21.6. The van der Waals surface area contributed by atoms with E-state index in [0.717, 1.165) is 17.4 Å². The number of carbonyl (C=O) groups is 2. The molecule has 0 spiro atoms. The Kier molecular flexibility index (Phi) is 4.00. The zero-order chi connectivity index (χ0) is 12.1. The van der Waals surface area contributed by atoms with Crippen molar-refractivity contribution < 1.29 is 9.59 Å². The average Bonchev–Trinajstić information content (AvgIpc) is 2.26. The van der Waals surface area contributed by atoms with Crippen LogP contribution in [-0.4, -0.2) is 12.2 Å². The lowest BCUT2D eigenvalue weighted by molar-refractivity contribution is -0.105. The van der Waals surface area contributed by atoms with E-state index in [2.05, 4.69) is 0 Å². The highest BCUT2D eigenvalue weighted by Crippen LogP contribution is 2.13. The van der Waals surface area contributed by atoms with Crippen molar-refractivity contribution in [2.24, 2.45) is 11.7 Å². The van der Waals surface area contributed by atoms with E-state index in [4.69, 9.17) is 5.73 Å². The molecule has 0 bridgehead atoms. The van der Waals surface area contributed by atoms with Gasteiger partial charge in [-0.05, 0) is 35.3 Å². The second-order valence-electron chi connectivity index (χ2n) is 3.90. The second-order valence-corrected chi connectivity index (χ2v) is 3.90. The van der Waals surface area contributed by atoms with Gasteiger partial charge in [0, 0.05) is 5.56 Å². The van der Waals surface area contributed by atoms with Crippen LogP contribution >= 0.6 is 0 Å².